The van der Waals surface area contributed by atoms with Gasteiger partial charge in [-0.25, -0.2) is 0 Å². The van der Waals surface area contributed by atoms with E-state index in [1.165, 1.54) is 0 Å². The van der Waals surface area contributed by atoms with Crippen LogP contribution in [-0.2, 0) is 6.42 Å². The van der Waals surface area contributed by atoms with Crippen molar-refractivity contribution >= 4 is 11.6 Å². The highest BCUT2D eigenvalue weighted by Gasteiger charge is 2.13. The van der Waals surface area contributed by atoms with E-state index in [0.29, 0.717) is 23.7 Å². The van der Waals surface area contributed by atoms with E-state index in [9.17, 15) is 4.79 Å². The van der Waals surface area contributed by atoms with E-state index in [-0.39, 0.29) is 5.91 Å². The van der Waals surface area contributed by atoms with Gasteiger partial charge in [0.15, 0.2) is 5.65 Å². The average Bonchev–Trinajstić information content (AvgIpc) is 3.39. The summed E-state index contributed by atoms with van der Waals surface area (Å²) in [4.78, 5) is 12.4. The maximum absolute atomic E-state index is 12.4. The van der Waals surface area contributed by atoms with Crippen LogP contribution in [0.4, 0.5) is 0 Å². The Bertz CT molecular complexity index is 1100. The third kappa shape index (κ3) is 3.57. The number of hydrogen-bond acceptors (Lipinski definition) is 5. The molecule has 0 saturated carbocycles. The highest BCUT2D eigenvalue weighted by Crippen LogP contribution is 2.28. The fraction of sp³-hybridized carbons (Fsp3) is 0.200. The summed E-state index contributed by atoms with van der Waals surface area (Å²) in [6, 6.07) is 15.1. The van der Waals surface area contributed by atoms with Crippen molar-refractivity contribution < 1.29 is 9.53 Å². The summed E-state index contributed by atoms with van der Waals surface area (Å²) < 4.78 is 7.30. The van der Waals surface area contributed by atoms with Crippen molar-refractivity contribution in [2.24, 2.45) is 0 Å². The Morgan fingerprint density at radius 2 is 2.04 bits per heavy atom. The van der Waals surface area contributed by atoms with Gasteiger partial charge in [0.2, 0.25) is 0 Å². The zero-order valence-electron chi connectivity index (χ0n) is 15.4. The number of aromatic nitrogens is 5. The second-order valence-electron chi connectivity index (χ2n) is 6.27. The predicted molar refractivity (Wildman–Crippen MR) is 104 cm³/mol. The van der Waals surface area contributed by atoms with Crippen LogP contribution in [0.1, 0.15) is 22.7 Å². The largest absolute Gasteiger partial charge is 0.496 e. The van der Waals surface area contributed by atoms with Gasteiger partial charge in [0.1, 0.15) is 17.3 Å². The first-order valence-corrected chi connectivity index (χ1v) is 9.02. The van der Waals surface area contributed by atoms with E-state index in [0.717, 1.165) is 29.9 Å². The number of aromatic amines is 1. The third-order valence-corrected chi connectivity index (χ3v) is 4.45. The Kier molecular flexibility index (Phi) is 5.01. The number of methoxy groups -OCH3 is 1. The van der Waals surface area contributed by atoms with Gasteiger partial charge in [0, 0.05) is 24.7 Å². The van der Waals surface area contributed by atoms with Gasteiger partial charge in [-0.05, 0) is 36.8 Å². The fourth-order valence-electron chi connectivity index (χ4n) is 3.04. The number of amides is 1. The van der Waals surface area contributed by atoms with Gasteiger partial charge < -0.3 is 10.1 Å². The quantitative estimate of drug-likeness (QED) is 0.483. The van der Waals surface area contributed by atoms with Crippen LogP contribution in [0.5, 0.6) is 5.75 Å². The van der Waals surface area contributed by atoms with E-state index in [4.69, 9.17) is 4.74 Å². The number of benzene rings is 1. The van der Waals surface area contributed by atoms with Crippen molar-refractivity contribution in [3.05, 3.63) is 66.2 Å². The lowest BCUT2D eigenvalue weighted by molar-refractivity contribution is 0.0948. The number of para-hydroxylation sites is 1. The van der Waals surface area contributed by atoms with Crippen molar-refractivity contribution in [2.45, 2.75) is 12.8 Å². The van der Waals surface area contributed by atoms with Gasteiger partial charge in [-0.3, -0.25) is 14.3 Å². The Morgan fingerprint density at radius 1 is 1.18 bits per heavy atom. The molecule has 0 saturated heterocycles. The number of aryl methyl sites for hydroxylation is 1. The molecule has 8 heteroatoms. The topological polar surface area (TPSA) is 97.2 Å². The monoisotopic (exact) mass is 376 g/mol. The van der Waals surface area contributed by atoms with Crippen LogP contribution in [0.2, 0.25) is 0 Å². The van der Waals surface area contributed by atoms with E-state index >= 15 is 0 Å². The minimum atomic E-state index is -0.195. The van der Waals surface area contributed by atoms with Crippen LogP contribution >= 0.6 is 0 Å². The molecule has 0 radical (unpaired) electrons. The molecule has 3 aromatic heterocycles. The first kappa shape index (κ1) is 17.7. The molecular weight excluding hydrogens is 356 g/mol. The molecule has 0 bridgehead atoms. The number of fused-ring (bicyclic) bond motifs is 1. The lowest BCUT2D eigenvalue weighted by Crippen LogP contribution is -2.25. The summed E-state index contributed by atoms with van der Waals surface area (Å²) in [6.07, 6.45) is 3.42. The summed E-state index contributed by atoms with van der Waals surface area (Å²) >= 11 is 0. The summed E-state index contributed by atoms with van der Waals surface area (Å²) in [5.41, 5.74) is 2.73. The van der Waals surface area contributed by atoms with Crippen molar-refractivity contribution in [2.75, 3.05) is 13.7 Å². The molecule has 28 heavy (non-hydrogen) atoms. The molecule has 2 N–H and O–H groups in total. The number of ether oxygens (including phenoxy) is 1. The number of H-pyrrole nitrogens is 1. The van der Waals surface area contributed by atoms with Crippen LogP contribution < -0.4 is 10.1 Å². The second-order valence-corrected chi connectivity index (χ2v) is 6.27. The molecular formula is C20H20N6O2. The molecule has 8 nitrogen and oxygen atoms in total. The average molecular weight is 376 g/mol. The number of carbonyl (C=O) groups excluding carboxylic acids is 1. The van der Waals surface area contributed by atoms with Crippen molar-refractivity contribution in [3.63, 3.8) is 0 Å². The fourth-order valence-corrected chi connectivity index (χ4v) is 3.04. The maximum Gasteiger partial charge on any atom is 0.269 e. The highest BCUT2D eigenvalue weighted by molar-refractivity contribution is 5.93. The van der Waals surface area contributed by atoms with Crippen molar-refractivity contribution in [3.8, 4) is 17.0 Å². The van der Waals surface area contributed by atoms with Crippen molar-refractivity contribution in [1.82, 2.24) is 30.1 Å². The number of pyridine rings is 1. The van der Waals surface area contributed by atoms with E-state index in [1.807, 2.05) is 53.1 Å². The molecule has 1 amide bonds. The summed E-state index contributed by atoms with van der Waals surface area (Å²) in [6.45, 7) is 0.531. The van der Waals surface area contributed by atoms with Crippen LogP contribution in [0.25, 0.3) is 16.9 Å². The molecule has 142 valence electrons. The smallest absolute Gasteiger partial charge is 0.269 e. The number of nitrogens with one attached hydrogen (secondary N) is 2. The molecule has 0 aliphatic carbocycles. The lowest BCUT2D eigenvalue weighted by Gasteiger charge is -2.04. The lowest BCUT2D eigenvalue weighted by atomic mass is 10.1. The molecule has 0 spiro atoms. The first-order chi connectivity index (χ1) is 13.8. The van der Waals surface area contributed by atoms with Gasteiger partial charge >= 0.3 is 0 Å². The second kappa shape index (κ2) is 7.91. The molecule has 0 aliphatic rings. The van der Waals surface area contributed by atoms with Crippen LogP contribution in [0.3, 0.4) is 0 Å². The van der Waals surface area contributed by atoms with Gasteiger partial charge in [0.05, 0.1) is 12.8 Å². The molecule has 0 unspecified atom stereocenters. The minimum Gasteiger partial charge on any atom is -0.496 e. The highest BCUT2D eigenvalue weighted by atomic mass is 16.5. The Labute approximate surface area is 161 Å². The van der Waals surface area contributed by atoms with E-state index in [1.54, 1.807) is 13.2 Å². The molecule has 3 heterocycles. The number of rotatable bonds is 7. The molecule has 1 aromatic carbocycles. The standard InChI is InChI=1S/C20H20N6O2/c1-28-17-8-3-2-7-14(17)15-13-16(23-22-15)20(27)21-11-6-10-19-25-24-18-9-4-5-12-26(18)19/h2-5,7-9,12-13H,6,10-11H2,1H3,(H,21,27)(H,22,23). The van der Waals surface area contributed by atoms with Gasteiger partial charge in [-0.2, -0.15) is 5.10 Å². The van der Waals surface area contributed by atoms with Gasteiger partial charge in [0.25, 0.3) is 5.91 Å². The van der Waals surface area contributed by atoms with E-state index < -0.39 is 0 Å². The Hall–Kier alpha value is -3.68. The third-order valence-electron chi connectivity index (χ3n) is 4.45. The number of nitrogens with zero attached hydrogens (tertiary/aromatic N) is 4. The minimum absolute atomic E-state index is 0.195. The maximum atomic E-state index is 12.4. The van der Waals surface area contributed by atoms with Crippen molar-refractivity contribution in [1.29, 1.82) is 0 Å². The Morgan fingerprint density at radius 3 is 2.93 bits per heavy atom. The molecule has 0 atom stereocenters. The summed E-state index contributed by atoms with van der Waals surface area (Å²) in [5.74, 6) is 1.39. The molecule has 4 rings (SSSR count). The first-order valence-electron chi connectivity index (χ1n) is 9.02. The summed E-state index contributed by atoms with van der Waals surface area (Å²) in [5, 5.41) is 18.2. The zero-order chi connectivity index (χ0) is 19.3. The molecule has 0 fully saturated rings. The zero-order valence-corrected chi connectivity index (χ0v) is 15.4. The van der Waals surface area contributed by atoms with Gasteiger partial charge in [-0.1, -0.05) is 18.2 Å². The van der Waals surface area contributed by atoms with Crippen LogP contribution in [0.15, 0.2) is 54.7 Å². The Balaban J connectivity index is 1.34. The predicted octanol–water partition coefficient (Wildman–Crippen LogP) is 2.49. The van der Waals surface area contributed by atoms with Crippen LogP contribution in [-0.4, -0.2) is 44.4 Å². The molecule has 4 aromatic rings. The normalized spacial score (nSPS) is 10.9. The van der Waals surface area contributed by atoms with Gasteiger partial charge in [-0.15, -0.1) is 10.2 Å². The number of hydrogen-bond donors (Lipinski definition) is 2. The number of carbonyl (C=O) groups is 1. The van der Waals surface area contributed by atoms with Crippen LogP contribution in [0, 0.1) is 0 Å². The molecule has 0 aliphatic heterocycles. The van der Waals surface area contributed by atoms with E-state index in [2.05, 4.69) is 25.7 Å². The SMILES string of the molecule is COc1ccccc1-c1cc(C(=O)NCCCc2nnc3ccccn23)[nH]n1. The summed E-state index contributed by atoms with van der Waals surface area (Å²) in [7, 11) is 1.61.